The molecule has 9 heteroatoms. The minimum absolute atomic E-state index is 0.113. The van der Waals surface area contributed by atoms with Crippen LogP contribution in [-0.2, 0) is 0 Å². The molecule has 1 aromatic heterocycles. The van der Waals surface area contributed by atoms with E-state index in [0.717, 1.165) is 4.70 Å². The van der Waals surface area contributed by atoms with E-state index in [-0.39, 0.29) is 10.7 Å². The van der Waals surface area contributed by atoms with Gasteiger partial charge < -0.3 is 10.1 Å². The molecule has 0 aliphatic heterocycles. The highest BCUT2D eigenvalue weighted by Gasteiger charge is 2.15. The molecule has 0 aliphatic rings. The lowest BCUT2D eigenvalue weighted by Crippen LogP contribution is -2.34. The molecular weight excluding hydrogens is 401 g/mol. The van der Waals surface area contributed by atoms with Gasteiger partial charge in [0.2, 0.25) is 0 Å². The van der Waals surface area contributed by atoms with E-state index in [1.807, 2.05) is 12.1 Å². The van der Waals surface area contributed by atoms with E-state index in [2.05, 4.69) is 15.6 Å². The number of nitrogens with one attached hydrogen (secondary N) is 2. The van der Waals surface area contributed by atoms with Crippen LogP contribution in [0.2, 0.25) is 10.0 Å². The lowest BCUT2D eigenvalue weighted by Gasteiger charge is -2.10. The number of amides is 1. The van der Waals surface area contributed by atoms with Gasteiger partial charge in [0, 0.05) is 5.02 Å². The monoisotopic (exact) mass is 411 g/mol. The first-order valence-corrected chi connectivity index (χ1v) is 8.97. The molecule has 0 saturated carbocycles. The van der Waals surface area contributed by atoms with Crippen molar-refractivity contribution < 1.29 is 9.53 Å². The Morgan fingerprint density at radius 3 is 2.80 bits per heavy atom. The number of carbonyl (C=O) groups excluding carboxylic acids is 1. The molecule has 2 aromatic carbocycles. The molecule has 3 aromatic rings. The van der Waals surface area contributed by atoms with Gasteiger partial charge in [-0.2, -0.15) is 0 Å². The summed E-state index contributed by atoms with van der Waals surface area (Å²) in [4.78, 5) is 16.8. The van der Waals surface area contributed by atoms with Gasteiger partial charge in [-0.1, -0.05) is 40.6 Å². The second-order valence-electron chi connectivity index (χ2n) is 4.86. The number of thiazole rings is 1. The third kappa shape index (κ3) is 4.01. The molecular formula is C16H11Cl2N3O2S2. The van der Waals surface area contributed by atoms with Crippen LogP contribution in [0.25, 0.3) is 10.2 Å². The number of ether oxygens (including phenoxy) is 1. The fourth-order valence-corrected chi connectivity index (χ4v) is 3.72. The average Bonchev–Trinajstić information content (AvgIpc) is 2.98. The Morgan fingerprint density at radius 2 is 2.08 bits per heavy atom. The number of thiocarbonyl (C=S) groups is 1. The quantitative estimate of drug-likeness (QED) is 0.609. The van der Waals surface area contributed by atoms with Crippen molar-refractivity contribution in [2.75, 3.05) is 12.4 Å². The standard InChI is InChI=1S/C16H11Cl2N3O2S2/c1-23-11-6-5-8(17)7-9(11)14(22)20-15(24)21-16-19-13-10(18)3-2-4-12(13)25-16/h2-7H,1H3,(H2,19,20,21,22,24). The first kappa shape index (κ1) is 17.9. The molecule has 128 valence electrons. The SMILES string of the molecule is COc1ccc(Cl)cc1C(=O)NC(=S)Nc1nc2c(Cl)cccc2s1. The number of benzene rings is 2. The van der Waals surface area contributed by atoms with Crippen molar-refractivity contribution in [1.29, 1.82) is 0 Å². The summed E-state index contributed by atoms with van der Waals surface area (Å²) >= 11 is 18.6. The second kappa shape index (κ2) is 7.53. The Labute approximate surface area is 162 Å². The van der Waals surface area contributed by atoms with E-state index in [1.54, 1.807) is 18.2 Å². The van der Waals surface area contributed by atoms with E-state index in [4.69, 9.17) is 40.2 Å². The summed E-state index contributed by atoms with van der Waals surface area (Å²) in [6.45, 7) is 0. The zero-order chi connectivity index (χ0) is 18.0. The molecule has 0 radical (unpaired) electrons. The van der Waals surface area contributed by atoms with Gasteiger partial charge in [0.25, 0.3) is 5.91 Å². The maximum Gasteiger partial charge on any atom is 0.261 e. The van der Waals surface area contributed by atoms with Gasteiger partial charge in [-0.25, -0.2) is 4.98 Å². The van der Waals surface area contributed by atoms with Gasteiger partial charge in [0.1, 0.15) is 11.3 Å². The van der Waals surface area contributed by atoms with E-state index >= 15 is 0 Å². The molecule has 0 saturated heterocycles. The number of hydrogen-bond acceptors (Lipinski definition) is 5. The van der Waals surface area contributed by atoms with E-state index in [0.29, 0.717) is 26.4 Å². The molecule has 2 N–H and O–H groups in total. The third-order valence-electron chi connectivity index (χ3n) is 3.22. The Bertz CT molecular complexity index is 975. The molecule has 0 bridgehead atoms. The lowest BCUT2D eigenvalue weighted by molar-refractivity contribution is 0.0975. The summed E-state index contributed by atoms with van der Waals surface area (Å²) in [7, 11) is 1.47. The predicted molar refractivity (Wildman–Crippen MR) is 106 cm³/mol. The van der Waals surface area contributed by atoms with E-state index in [9.17, 15) is 4.79 Å². The van der Waals surface area contributed by atoms with E-state index < -0.39 is 5.91 Å². The van der Waals surface area contributed by atoms with Gasteiger partial charge in [-0.05, 0) is 42.5 Å². The van der Waals surface area contributed by atoms with Gasteiger partial charge >= 0.3 is 0 Å². The van der Waals surface area contributed by atoms with Gasteiger partial charge in [-0.3, -0.25) is 10.1 Å². The number of fused-ring (bicyclic) bond motifs is 1. The zero-order valence-corrected chi connectivity index (χ0v) is 15.9. The molecule has 0 atom stereocenters. The number of aromatic nitrogens is 1. The molecule has 0 fully saturated rings. The normalized spacial score (nSPS) is 10.5. The maximum absolute atomic E-state index is 12.4. The number of nitrogens with zero attached hydrogens (tertiary/aromatic N) is 1. The first-order chi connectivity index (χ1) is 12.0. The van der Waals surface area contributed by atoms with Gasteiger partial charge in [-0.15, -0.1) is 0 Å². The number of halogens is 2. The van der Waals surface area contributed by atoms with Crippen molar-refractivity contribution in [1.82, 2.24) is 10.3 Å². The number of hydrogen-bond donors (Lipinski definition) is 2. The minimum Gasteiger partial charge on any atom is -0.496 e. The number of para-hydroxylation sites is 1. The summed E-state index contributed by atoms with van der Waals surface area (Å²) in [5.41, 5.74) is 0.966. The largest absolute Gasteiger partial charge is 0.496 e. The van der Waals surface area contributed by atoms with Crippen molar-refractivity contribution >= 4 is 73.1 Å². The van der Waals surface area contributed by atoms with Crippen LogP contribution in [0.5, 0.6) is 5.75 Å². The Kier molecular flexibility index (Phi) is 5.39. The van der Waals surface area contributed by atoms with Gasteiger partial charge in [0.15, 0.2) is 10.2 Å². The second-order valence-corrected chi connectivity index (χ2v) is 7.14. The highest BCUT2D eigenvalue weighted by Crippen LogP contribution is 2.30. The lowest BCUT2D eigenvalue weighted by atomic mass is 10.2. The summed E-state index contributed by atoms with van der Waals surface area (Å²) in [6, 6.07) is 10.3. The number of methoxy groups -OCH3 is 1. The third-order valence-corrected chi connectivity index (χ3v) is 4.90. The number of rotatable bonds is 3. The Hall–Kier alpha value is -1.93. The maximum atomic E-state index is 12.4. The van der Waals surface area contributed by atoms with Crippen LogP contribution in [0.4, 0.5) is 5.13 Å². The van der Waals surface area contributed by atoms with Crippen LogP contribution in [0.1, 0.15) is 10.4 Å². The average molecular weight is 412 g/mol. The minimum atomic E-state index is -0.434. The van der Waals surface area contributed by atoms with Crippen LogP contribution in [0.15, 0.2) is 36.4 Å². The summed E-state index contributed by atoms with van der Waals surface area (Å²) in [6.07, 6.45) is 0. The molecule has 0 aliphatic carbocycles. The van der Waals surface area contributed by atoms with Crippen LogP contribution in [0, 0.1) is 0 Å². The van der Waals surface area contributed by atoms with Crippen molar-refractivity contribution in [3.8, 4) is 5.75 Å². The van der Waals surface area contributed by atoms with E-state index in [1.165, 1.54) is 24.5 Å². The smallest absolute Gasteiger partial charge is 0.261 e. The Balaban J connectivity index is 1.74. The molecule has 25 heavy (non-hydrogen) atoms. The number of anilines is 1. The van der Waals surface area contributed by atoms with Crippen molar-refractivity contribution in [3.05, 3.63) is 52.0 Å². The molecule has 1 heterocycles. The first-order valence-electron chi connectivity index (χ1n) is 6.99. The van der Waals surface area contributed by atoms with Crippen LogP contribution >= 0.6 is 46.8 Å². The van der Waals surface area contributed by atoms with Crippen LogP contribution in [-0.4, -0.2) is 23.1 Å². The predicted octanol–water partition coefficient (Wildman–Crippen LogP) is 4.74. The van der Waals surface area contributed by atoms with Crippen molar-refractivity contribution in [2.45, 2.75) is 0 Å². The van der Waals surface area contributed by atoms with Crippen molar-refractivity contribution in [2.24, 2.45) is 0 Å². The fourth-order valence-electron chi connectivity index (χ4n) is 2.12. The Morgan fingerprint density at radius 1 is 1.28 bits per heavy atom. The molecule has 0 unspecified atom stereocenters. The van der Waals surface area contributed by atoms with Crippen LogP contribution < -0.4 is 15.4 Å². The molecule has 3 rings (SSSR count). The molecule has 1 amide bonds. The molecule has 0 spiro atoms. The summed E-state index contributed by atoms with van der Waals surface area (Å²) in [5, 5.41) is 7.09. The van der Waals surface area contributed by atoms with Crippen molar-refractivity contribution in [3.63, 3.8) is 0 Å². The summed E-state index contributed by atoms with van der Waals surface area (Å²) in [5.74, 6) is -0.0348. The number of carbonyl (C=O) groups is 1. The van der Waals surface area contributed by atoms with Gasteiger partial charge in [0.05, 0.1) is 22.4 Å². The highest BCUT2D eigenvalue weighted by molar-refractivity contribution is 7.80. The molecule has 5 nitrogen and oxygen atoms in total. The van der Waals surface area contributed by atoms with Crippen LogP contribution in [0.3, 0.4) is 0 Å². The topological polar surface area (TPSA) is 63.2 Å². The zero-order valence-electron chi connectivity index (χ0n) is 12.8. The summed E-state index contributed by atoms with van der Waals surface area (Å²) < 4.78 is 6.08. The fraction of sp³-hybridized carbons (Fsp3) is 0.0625. The highest BCUT2D eigenvalue weighted by atomic mass is 35.5.